The zero-order valence-corrected chi connectivity index (χ0v) is 12.7. The number of anilines is 1. The molecule has 1 amide bonds. The average Bonchev–Trinajstić information content (AvgIpc) is 2.90. The van der Waals surface area contributed by atoms with E-state index >= 15 is 0 Å². The van der Waals surface area contributed by atoms with Gasteiger partial charge >= 0.3 is 0 Å². The Hall–Kier alpha value is -1.87. The SMILES string of the molecule is CN(C(=O)C1=CCc2ccccc21)c1ccccc1Br. The first kappa shape index (κ1) is 13.1. The minimum atomic E-state index is 0.0295. The first-order valence-corrected chi connectivity index (χ1v) is 7.29. The van der Waals surface area contributed by atoms with E-state index in [4.69, 9.17) is 0 Å². The molecular formula is C17H14BrNO. The van der Waals surface area contributed by atoms with Crippen LogP contribution >= 0.6 is 15.9 Å². The number of hydrogen-bond donors (Lipinski definition) is 0. The molecule has 20 heavy (non-hydrogen) atoms. The molecule has 2 aromatic rings. The Balaban J connectivity index is 1.93. The first-order chi connectivity index (χ1) is 9.68. The minimum absolute atomic E-state index is 0.0295. The van der Waals surface area contributed by atoms with Crippen molar-refractivity contribution in [3.05, 3.63) is 70.2 Å². The normalized spacial score (nSPS) is 12.8. The van der Waals surface area contributed by atoms with Crippen LogP contribution in [0.3, 0.4) is 0 Å². The topological polar surface area (TPSA) is 20.3 Å². The Labute approximate surface area is 126 Å². The van der Waals surface area contributed by atoms with Gasteiger partial charge in [-0.25, -0.2) is 0 Å². The summed E-state index contributed by atoms with van der Waals surface area (Å²) in [6.07, 6.45) is 2.85. The standard InChI is InChI=1S/C17H14BrNO/c1-19(16-9-5-4-8-15(16)18)17(20)14-11-10-12-6-2-3-7-13(12)14/h2-9,11H,10H2,1H3. The van der Waals surface area contributed by atoms with Crippen molar-refractivity contribution >= 4 is 33.1 Å². The van der Waals surface area contributed by atoms with Crippen molar-refractivity contribution < 1.29 is 4.79 Å². The second-order valence-electron chi connectivity index (χ2n) is 4.79. The van der Waals surface area contributed by atoms with Gasteiger partial charge in [0.2, 0.25) is 0 Å². The molecule has 0 spiro atoms. The highest BCUT2D eigenvalue weighted by molar-refractivity contribution is 9.10. The fourth-order valence-corrected chi connectivity index (χ4v) is 3.05. The zero-order valence-electron chi connectivity index (χ0n) is 11.1. The average molecular weight is 328 g/mol. The van der Waals surface area contributed by atoms with E-state index in [0.29, 0.717) is 0 Å². The number of para-hydroxylation sites is 1. The molecule has 0 unspecified atom stereocenters. The van der Waals surface area contributed by atoms with Crippen LogP contribution in [0, 0.1) is 0 Å². The van der Waals surface area contributed by atoms with E-state index in [1.807, 2.05) is 55.6 Å². The van der Waals surface area contributed by atoms with Crippen molar-refractivity contribution in [2.75, 3.05) is 11.9 Å². The van der Waals surface area contributed by atoms with Crippen molar-refractivity contribution in [2.24, 2.45) is 0 Å². The summed E-state index contributed by atoms with van der Waals surface area (Å²) in [5.41, 5.74) is 3.94. The second kappa shape index (κ2) is 5.25. The van der Waals surface area contributed by atoms with Gasteiger partial charge in [-0.05, 0) is 45.6 Å². The van der Waals surface area contributed by atoms with Gasteiger partial charge in [-0.1, -0.05) is 42.5 Å². The molecule has 0 saturated heterocycles. The number of carbonyl (C=O) groups is 1. The van der Waals surface area contributed by atoms with Crippen LogP contribution in [0.1, 0.15) is 11.1 Å². The van der Waals surface area contributed by atoms with Gasteiger partial charge < -0.3 is 4.90 Å². The number of fused-ring (bicyclic) bond motifs is 1. The van der Waals surface area contributed by atoms with E-state index < -0.39 is 0 Å². The summed E-state index contributed by atoms with van der Waals surface area (Å²) in [4.78, 5) is 14.4. The fourth-order valence-electron chi connectivity index (χ4n) is 2.50. The number of likely N-dealkylation sites (N-methyl/N-ethyl adjacent to an activating group) is 1. The van der Waals surface area contributed by atoms with E-state index in [1.165, 1.54) is 5.56 Å². The molecule has 1 aliphatic rings. The van der Waals surface area contributed by atoms with Crippen LogP contribution in [0.4, 0.5) is 5.69 Å². The maximum atomic E-state index is 12.7. The molecule has 0 fully saturated rings. The summed E-state index contributed by atoms with van der Waals surface area (Å²) in [6, 6.07) is 15.8. The van der Waals surface area contributed by atoms with Gasteiger partial charge in [-0.3, -0.25) is 4.79 Å². The van der Waals surface area contributed by atoms with Gasteiger partial charge in [0.15, 0.2) is 0 Å². The summed E-state index contributed by atoms with van der Waals surface area (Å²) in [5.74, 6) is 0.0295. The molecule has 2 nitrogen and oxygen atoms in total. The van der Waals surface area contributed by atoms with Gasteiger partial charge in [-0.15, -0.1) is 0 Å². The zero-order chi connectivity index (χ0) is 14.1. The van der Waals surface area contributed by atoms with Gasteiger partial charge in [0, 0.05) is 17.1 Å². The lowest BCUT2D eigenvalue weighted by Gasteiger charge is -2.20. The summed E-state index contributed by atoms with van der Waals surface area (Å²) in [7, 11) is 1.81. The van der Waals surface area contributed by atoms with Gasteiger partial charge in [0.1, 0.15) is 0 Å². The van der Waals surface area contributed by atoms with Crippen molar-refractivity contribution in [1.29, 1.82) is 0 Å². The lowest BCUT2D eigenvalue weighted by Crippen LogP contribution is -2.27. The number of amides is 1. The molecule has 0 radical (unpaired) electrons. The number of halogens is 1. The van der Waals surface area contributed by atoms with Crippen LogP contribution in [0.15, 0.2) is 59.1 Å². The fraction of sp³-hybridized carbons (Fsp3) is 0.118. The summed E-state index contributed by atoms with van der Waals surface area (Å²) < 4.78 is 0.919. The van der Waals surface area contributed by atoms with Crippen molar-refractivity contribution in [3.63, 3.8) is 0 Å². The lowest BCUT2D eigenvalue weighted by atomic mass is 10.0. The summed E-state index contributed by atoms with van der Waals surface area (Å²) in [6.45, 7) is 0. The van der Waals surface area contributed by atoms with Crippen LogP contribution < -0.4 is 4.90 Å². The van der Waals surface area contributed by atoms with E-state index in [0.717, 1.165) is 27.7 Å². The number of nitrogens with zero attached hydrogens (tertiary/aromatic N) is 1. The molecule has 0 heterocycles. The van der Waals surface area contributed by atoms with Crippen molar-refractivity contribution in [3.8, 4) is 0 Å². The van der Waals surface area contributed by atoms with Crippen LogP contribution in [0.2, 0.25) is 0 Å². The maximum absolute atomic E-state index is 12.7. The number of allylic oxidation sites excluding steroid dienone is 1. The molecule has 3 heteroatoms. The molecule has 0 aliphatic heterocycles. The predicted molar refractivity (Wildman–Crippen MR) is 85.7 cm³/mol. The maximum Gasteiger partial charge on any atom is 0.258 e. The smallest absolute Gasteiger partial charge is 0.258 e. The molecular weight excluding hydrogens is 314 g/mol. The molecule has 0 atom stereocenters. The molecule has 0 aromatic heterocycles. The Morgan fingerprint density at radius 2 is 1.80 bits per heavy atom. The Morgan fingerprint density at radius 3 is 2.60 bits per heavy atom. The highest BCUT2D eigenvalue weighted by atomic mass is 79.9. The van der Waals surface area contributed by atoms with E-state index in [9.17, 15) is 4.79 Å². The monoisotopic (exact) mass is 327 g/mol. The number of benzene rings is 2. The Kier molecular flexibility index (Phi) is 3.45. The molecule has 0 bridgehead atoms. The molecule has 3 rings (SSSR count). The van der Waals surface area contributed by atoms with Crippen LogP contribution in [-0.2, 0) is 11.2 Å². The van der Waals surface area contributed by atoms with Gasteiger partial charge in [0.25, 0.3) is 5.91 Å². The minimum Gasteiger partial charge on any atom is -0.310 e. The molecule has 1 aliphatic carbocycles. The van der Waals surface area contributed by atoms with Crippen LogP contribution in [0.25, 0.3) is 5.57 Å². The van der Waals surface area contributed by atoms with Gasteiger partial charge in [-0.2, -0.15) is 0 Å². The second-order valence-corrected chi connectivity index (χ2v) is 5.65. The molecule has 100 valence electrons. The molecule has 2 aromatic carbocycles. The Bertz CT molecular complexity index is 706. The highest BCUT2D eigenvalue weighted by Gasteiger charge is 2.23. The predicted octanol–water partition coefficient (Wildman–Crippen LogP) is 4.05. The summed E-state index contributed by atoms with van der Waals surface area (Å²) >= 11 is 3.49. The van der Waals surface area contributed by atoms with Crippen LogP contribution in [0.5, 0.6) is 0 Å². The first-order valence-electron chi connectivity index (χ1n) is 6.49. The Morgan fingerprint density at radius 1 is 1.10 bits per heavy atom. The number of carbonyl (C=O) groups excluding carboxylic acids is 1. The number of hydrogen-bond acceptors (Lipinski definition) is 1. The van der Waals surface area contributed by atoms with Crippen molar-refractivity contribution in [2.45, 2.75) is 6.42 Å². The number of rotatable bonds is 2. The summed E-state index contributed by atoms with van der Waals surface area (Å²) in [5, 5.41) is 0. The highest BCUT2D eigenvalue weighted by Crippen LogP contribution is 2.31. The third kappa shape index (κ3) is 2.18. The lowest BCUT2D eigenvalue weighted by molar-refractivity contribution is -0.113. The van der Waals surface area contributed by atoms with E-state index in [2.05, 4.69) is 22.0 Å². The quantitative estimate of drug-likeness (QED) is 0.814. The molecule has 0 saturated carbocycles. The van der Waals surface area contributed by atoms with Crippen molar-refractivity contribution in [1.82, 2.24) is 0 Å². The van der Waals surface area contributed by atoms with E-state index in [1.54, 1.807) is 4.90 Å². The third-order valence-corrected chi connectivity index (χ3v) is 4.25. The third-order valence-electron chi connectivity index (χ3n) is 3.58. The molecule has 0 N–H and O–H groups in total. The van der Waals surface area contributed by atoms with Gasteiger partial charge in [0.05, 0.1) is 5.69 Å². The van der Waals surface area contributed by atoms with Crippen LogP contribution in [-0.4, -0.2) is 13.0 Å². The largest absolute Gasteiger partial charge is 0.310 e. The van der Waals surface area contributed by atoms with E-state index in [-0.39, 0.29) is 5.91 Å².